The number of nitrogens with two attached hydrogens (primary N) is 2. The number of benzene rings is 2. The van der Waals surface area contributed by atoms with Gasteiger partial charge in [-0.25, -0.2) is 4.98 Å². The lowest BCUT2D eigenvalue weighted by atomic mass is 9.97. The summed E-state index contributed by atoms with van der Waals surface area (Å²) in [4.78, 5) is 17.6. The van der Waals surface area contributed by atoms with Gasteiger partial charge in [-0.05, 0) is 35.9 Å². The summed E-state index contributed by atoms with van der Waals surface area (Å²) in [6.07, 6.45) is 0. The van der Waals surface area contributed by atoms with Gasteiger partial charge in [-0.2, -0.15) is 5.26 Å². The molecule has 1 aromatic heterocycles. The average molecular weight is 452 g/mol. The molecule has 0 aliphatic heterocycles. The molecule has 0 fully saturated rings. The summed E-state index contributed by atoms with van der Waals surface area (Å²) < 4.78 is 5.13. The Bertz CT molecular complexity index is 1190. The molecule has 164 valence electrons. The van der Waals surface area contributed by atoms with E-state index in [9.17, 15) is 15.2 Å². The maximum atomic E-state index is 11.6. The SMILES string of the molecule is COCCN(CC(N)=O)c1cc(-c2cc(-c3ccccc3O)nc(N)c2C#N)ccc1Cl. The Morgan fingerprint density at radius 1 is 1.25 bits per heavy atom. The molecule has 0 aliphatic rings. The Hall–Kier alpha value is -3.80. The third-order valence-electron chi connectivity index (χ3n) is 4.85. The van der Waals surface area contributed by atoms with Crippen LogP contribution in [0.25, 0.3) is 22.4 Å². The van der Waals surface area contributed by atoms with Gasteiger partial charge in [0.15, 0.2) is 0 Å². The number of primary amides is 1. The van der Waals surface area contributed by atoms with Crippen molar-refractivity contribution in [2.45, 2.75) is 0 Å². The molecule has 0 aliphatic carbocycles. The van der Waals surface area contributed by atoms with Gasteiger partial charge in [0.25, 0.3) is 0 Å². The molecule has 0 saturated carbocycles. The molecular weight excluding hydrogens is 430 g/mol. The largest absolute Gasteiger partial charge is 0.507 e. The van der Waals surface area contributed by atoms with E-state index in [-0.39, 0.29) is 23.7 Å². The van der Waals surface area contributed by atoms with E-state index in [0.29, 0.717) is 46.2 Å². The summed E-state index contributed by atoms with van der Waals surface area (Å²) in [6, 6.07) is 15.7. The van der Waals surface area contributed by atoms with Gasteiger partial charge in [0, 0.05) is 24.8 Å². The summed E-state index contributed by atoms with van der Waals surface area (Å²) >= 11 is 6.42. The lowest BCUT2D eigenvalue weighted by Crippen LogP contribution is -2.36. The summed E-state index contributed by atoms with van der Waals surface area (Å²) in [5.74, 6) is -0.442. The molecule has 0 spiro atoms. The Kier molecular flexibility index (Phi) is 7.15. The van der Waals surface area contributed by atoms with Crippen LogP contribution in [0.2, 0.25) is 5.02 Å². The van der Waals surface area contributed by atoms with Gasteiger partial charge in [0.1, 0.15) is 23.2 Å². The van der Waals surface area contributed by atoms with Crippen molar-refractivity contribution in [3.8, 4) is 34.2 Å². The van der Waals surface area contributed by atoms with Gasteiger partial charge >= 0.3 is 0 Å². The number of hydrogen-bond acceptors (Lipinski definition) is 7. The molecule has 8 nitrogen and oxygen atoms in total. The van der Waals surface area contributed by atoms with Gasteiger partial charge in [0.05, 0.1) is 29.6 Å². The van der Waals surface area contributed by atoms with Gasteiger partial charge in [-0.3, -0.25) is 4.79 Å². The van der Waals surface area contributed by atoms with Gasteiger partial charge in [0.2, 0.25) is 5.91 Å². The highest BCUT2D eigenvalue weighted by Crippen LogP contribution is 2.37. The van der Waals surface area contributed by atoms with E-state index in [1.165, 1.54) is 0 Å². The second-order valence-corrected chi connectivity index (χ2v) is 7.40. The number of rotatable bonds is 8. The molecule has 3 aromatic rings. The number of ether oxygens (including phenoxy) is 1. The number of carbonyl (C=O) groups is 1. The molecule has 3 rings (SSSR count). The molecule has 1 amide bonds. The van der Waals surface area contributed by atoms with Crippen LogP contribution in [0.5, 0.6) is 5.75 Å². The Morgan fingerprint density at radius 2 is 2.00 bits per heavy atom. The number of aromatic hydroxyl groups is 1. The van der Waals surface area contributed by atoms with Crippen molar-refractivity contribution in [2.75, 3.05) is 37.4 Å². The zero-order valence-electron chi connectivity index (χ0n) is 17.4. The van der Waals surface area contributed by atoms with Crippen LogP contribution in [0.15, 0.2) is 48.5 Å². The van der Waals surface area contributed by atoms with E-state index in [2.05, 4.69) is 11.1 Å². The zero-order valence-corrected chi connectivity index (χ0v) is 18.1. The molecule has 2 aromatic carbocycles. The lowest BCUT2D eigenvalue weighted by molar-refractivity contribution is -0.116. The van der Waals surface area contributed by atoms with Gasteiger partial charge in [-0.1, -0.05) is 29.8 Å². The molecule has 1 heterocycles. The minimum atomic E-state index is -0.518. The van der Waals surface area contributed by atoms with E-state index in [0.717, 1.165) is 0 Å². The minimum absolute atomic E-state index is 0.0353. The predicted octanol–water partition coefficient (Wildman–Crippen LogP) is 3.17. The van der Waals surface area contributed by atoms with Crippen molar-refractivity contribution >= 4 is 29.0 Å². The molecule has 0 unspecified atom stereocenters. The number of nitriles is 1. The van der Waals surface area contributed by atoms with Crippen molar-refractivity contribution in [1.82, 2.24) is 4.98 Å². The molecule has 0 bridgehead atoms. The van der Waals surface area contributed by atoms with E-state index in [1.807, 2.05) is 0 Å². The zero-order chi connectivity index (χ0) is 23.3. The number of amides is 1. The van der Waals surface area contributed by atoms with Crippen LogP contribution in [0.1, 0.15) is 5.56 Å². The standard InChI is InChI=1S/C23H22ClN5O3/c1-32-9-8-29(13-22(26)31)20-10-14(6-7-18(20)24)16-11-19(28-23(27)17(16)12-25)15-4-2-3-5-21(15)30/h2-7,10-11,30H,8-9,13H2,1H3,(H2,26,31)(H2,27,28). The topological polar surface area (TPSA) is 138 Å². The fourth-order valence-electron chi connectivity index (χ4n) is 3.34. The smallest absolute Gasteiger partial charge is 0.236 e. The normalized spacial score (nSPS) is 10.5. The summed E-state index contributed by atoms with van der Waals surface area (Å²) in [7, 11) is 1.56. The predicted molar refractivity (Wildman–Crippen MR) is 124 cm³/mol. The van der Waals surface area contributed by atoms with Crippen LogP contribution in [0.4, 0.5) is 11.5 Å². The summed E-state index contributed by atoms with van der Waals surface area (Å²) in [5, 5.41) is 20.4. The number of halogens is 1. The number of methoxy groups -OCH3 is 1. The third kappa shape index (κ3) is 4.91. The highest BCUT2D eigenvalue weighted by atomic mass is 35.5. The number of para-hydroxylation sites is 1. The second kappa shape index (κ2) is 10.0. The average Bonchev–Trinajstić information content (AvgIpc) is 2.76. The fourth-order valence-corrected chi connectivity index (χ4v) is 3.57. The van der Waals surface area contributed by atoms with Crippen molar-refractivity contribution in [1.29, 1.82) is 5.26 Å². The minimum Gasteiger partial charge on any atom is -0.507 e. The van der Waals surface area contributed by atoms with Crippen molar-refractivity contribution in [2.24, 2.45) is 5.73 Å². The van der Waals surface area contributed by atoms with Crippen molar-refractivity contribution in [3.05, 3.63) is 59.1 Å². The van der Waals surface area contributed by atoms with E-state index < -0.39 is 5.91 Å². The van der Waals surface area contributed by atoms with Crippen LogP contribution in [-0.4, -0.2) is 42.8 Å². The number of hydrogen-bond donors (Lipinski definition) is 3. The lowest BCUT2D eigenvalue weighted by Gasteiger charge is -2.25. The van der Waals surface area contributed by atoms with Crippen molar-refractivity contribution in [3.63, 3.8) is 0 Å². The van der Waals surface area contributed by atoms with E-state index in [4.69, 9.17) is 27.8 Å². The number of nitrogen functional groups attached to an aromatic ring is 1. The maximum absolute atomic E-state index is 11.6. The number of carbonyl (C=O) groups excluding carboxylic acids is 1. The number of aromatic nitrogens is 1. The molecule has 9 heteroatoms. The number of pyridine rings is 1. The first-order chi connectivity index (χ1) is 15.3. The van der Waals surface area contributed by atoms with Crippen LogP contribution in [0, 0.1) is 11.3 Å². The van der Waals surface area contributed by atoms with Crippen LogP contribution in [-0.2, 0) is 9.53 Å². The number of phenols is 1. The third-order valence-corrected chi connectivity index (χ3v) is 5.17. The first-order valence-electron chi connectivity index (χ1n) is 9.66. The van der Waals surface area contributed by atoms with Gasteiger partial charge in [-0.15, -0.1) is 0 Å². The Morgan fingerprint density at radius 3 is 2.66 bits per heavy atom. The second-order valence-electron chi connectivity index (χ2n) is 6.99. The highest BCUT2D eigenvalue weighted by Gasteiger charge is 2.18. The maximum Gasteiger partial charge on any atom is 0.236 e. The quantitative estimate of drug-likeness (QED) is 0.478. The number of nitrogens with zero attached hydrogens (tertiary/aromatic N) is 3. The number of anilines is 2. The van der Waals surface area contributed by atoms with Crippen molar-refractivity contribution < 1.29 is 14.6 Å². The molecule has 0 saturated heterocycles. The first kappa shape index (κ1) is 22.9. The van der Waals surface area contributed by atoms with Crippen LogP contribution < -0.4 is 16.4 Å². The molecule has 32 heavy (non-hydrogen) atoms. The van der Waals surface area contributed by atoms with Crippen LogP contribution in [0.3, 0.4) is 0 Å². The highest BCUT2D eigenvalue weighted by molar-refractivity contribution is 6.33. The monoisotopic (exact) mass is 451 g/mol. The molecule has 0 radical (unpaired) electrons. The Balaban J connectivity index is 2.17. The molecular formula is C23H22ClN5O3. The van der Waals surface area contributed by atoms with Gasteiger partial charge < -0.3 is 26.2 Å². The van der Waals surface area contributed by atoms with Crippen LogP contribution >= 0.6 is 11.6 Å². The molecule has 0 atom stereocenters. The molecule has 5 N–H and O–H groups in total. The van der Waals surface area contributed by atoms with E-state index in [1.54, 1.807) is 60.5 Å². The number of phenolic OH excluding ortho intramolecular Hbond substituents is 1. The van der Waals surface area contributed by atoms with E-state index >= 15 is 0 Å². The first-order valence-corrected chi connectivity index (χ1v) is 10.0. The summed E-state index contributed by atoms with van der Waals surface area (Å²) in [6.45, 7) is 0.686. The Labute approximate surface area is 190 Å². The summed E-state index contributed by atoms with van der Waals surface area (Å²) in [5.41, 5.74) is 14.3. The fraction of sp³-hybridized carbons (Fsp3) is 0.174.